The molecule has 0 atom stereocenters. The van der Waals surface area contributed by atoms with Crippen LogP contribution in [0, 0.1) is 19.7 Å². The molecule has 1 saturated carbocycles. The molecule has 0 aliphatic heterocycles. The van der Waals surface area contributed by atoms with Crippen molar-refractivity contribution in [2.45, 2.75) is 32.2 Å². The van der Waals surface area contributed by atoms with Crippen molar-refractivity contribution in [3.63, 3.8) is 0 Å². The Morgan fingerprint density at radius 2 is 2.06 bits per heavy atom. The molecule has 2 aromatic rings. The number of hydrogen-bond acceptors (Lipinski definition) is 3. The Labute approximate surface area is 110 Å². The van der Waals surface area contributed by atoms with E-state index in [0.29, 0.717) is 5.56 Å². The summed E-state index contributed by atoms with van der Waals surface area (Å²) in [6, 6.07) is 5.12. The molecule has 1 heterocycles. The molecular formula is C14H15FN2S. The summed E-state index contributed by atoms with van der Waals surface area (Å²) in [6.07, 6.45) is 2.08. The number of hydrogen-bond donors (Lipinski definition) is 1. The van der Waals surface area contributed by atoms with Gasteiger partial charge in [0.2, 0.25) is 0 Å². The van der Waals surface area contributed by atoms with Gasteiger partial charge in [-0.15, -0.1) is 11.3 Å². The zero-order valence-electron chi connectivity index (χ0n) is 10.5. The van der Waals surface area contributed by atoms with E-state index in [1.54, 1.807) is 24.3 Å². The molecule has 0 unspecified atom stereocenters. The van der Waals surface area contributed by atoms with Crippen molar-refractivity contribution in [1.29, 1.82) is 0 Å². The first kappa shape index (κ1) is 11.8. The molecule has 1 aromatic carbocycles. The van der Waals surface area contributed by atoms with E-state index in [-0.39, 0.29) is 11.4 Å². The Morgan fingerprint density at radius 1 is 1.33 bits per heavy atom. The predicted octanol–water partition coefficient (Wildman–Crippen LogP) is 3.51. The third-order valence-electron chi connectivity index (χ3n) is 3.44. The van der Waals surface area contributed by atoms with Crippen molar-refractivity contribution in [2.24, 2.45) is 5.73 Å². The van der Waals surface area contributed by atoms with Crippen molar-refractivity contribution in [3.8, 4) is 10.6 Å². The molecule has 2 nitrogen and oxygen atoms in total. The Bertz CT molecular complexity index is 614. The standard InChI is InChI=1S/C14H15FN2S/c1-8-7-10(3-4-11(8)15)13-17-9(2)12(18-13)14(16)5-6-14/h3-4,7H,5-6,16H2,1-2H3. The van der Waals surface area contributed by atoms with Crippen LogP contribution in [0.1, 0.15) is 29.0 Å². The topological polar surface area (TPSA) is 38.9 Å². The van der Waals surface area contributed by atoms with Gasteiger partial charge in [-0.3, -0.25) is 0 Å². The monoisotopic (exact) mass is 262 g/mol. The minimum atomic E-state index is -0.176. The smallest absolute Gasteiger partial charge is 0.126 e. The Morgan fingerprint density at radius 3 is 2.67 bits per heavy atom. The average molecular weight is 262 g/mol. The summed E-state index contributed by atoms with van der Waals surface area (Å²) >= 11 is 1.64. The van der Waals surface area contributed by atoms with E-state index in [9.17, 15) is 4.39 Å². The third-order valence-corrected chi connectivity index (χ3v) is 4.87. The number of thiazole rings is 1. The van der Waals surface area contributed by atoms with Crippen molar-refractivity contribution < 1.29 is 4.39 Å². The zero-order valence-corrected chi connectivity index (χ0v) is 11.3. The highest BCUT2D eigenvalue weighted by atomic mass is 32.1. The summed E-state index contributed by atoms with van der Waals surface area (Å²) in [5.74, 6) is -0.176. The molecule has 1 aromatic heterocycles. The zero-order chi connectivity index (χ0) is 12.9. The largest absolute Gasteiger partial charge is 0.321 e. The molecule has 2 N–H and O–H groups in total. The quantitative estimate of drug-likeness (QED) is 0.899. The summed E-state index contributed by atoms with van der Waals surface area (Å²) in [4.78, 5) is 5.75. The van der Waals surface area contributed by atoms with Crippen molar-refractivity contribution in [1.82, 2.24) is 4.98 Å². The molecule has 1 fully saturated rings. The molecule has 3 rings (SSSR count). The average Bonchev–Trinajstić information content (AvgIpc) is 2.94. The molecule has 1 aliphatic rings. The van der Waals surface area contributed by atoms with E-state index >= 15 is 0 Å². The normalized spacial score (nSPS) is 16.9. The first-order valence-corrected chi connectivity index (χ1v) is 6.84. The van der Waals surface area contributed by atoms with Crippen LogP contribution >= 0.6 is 11.3 Å². The lowest BCUT2D eigenvalue weighted by atomic mass is 10.1. The van der Waals surface area contributed by atoms with Crippen molar-refractivity contribution in [3.05, 3.63) is 40.2 Å². The van der Waals surface area contributed by atoms with Gasteiger partial charge in [-0.05, 0) is 50.5 Å². The van der Waals surface area contributed by atoms with Gasteiger partial charge in [-0.1, -0.05) is 0 Å². The Kier molecular flexibility index (Phi) is 2.54. The van der Waals surface area contributed by atoms with Crippen LogP contribution in [0.25, 0.3) is 10.6 Å². The maximum absolute atomic E-state index is 13.3. The third kappa shape index (κ3) is 1.85. The lowest BCUT2D eigenvalue weighted by Crippen LogP contribution is -2.18. The molecule has 1 aliphatic carbocycles. The lowest BCUT2D eigenvalue weighted by Gasteiger charge is -2.04. The highest BCUT2D eigenvalue weighted by Crippen LogP contribution is 2.47. The molecule has 94 valence electrons. The van der Waals surface area contributed by atoms with E-state index in [4.69, 9.17) is 5.73 Å². The van der Waals surface area contributed by atoms with Crippen molar-refractivity contribution in [2.75, 3.05) is 0 Å². The van der Waals surface area contributed by atoms with Crippen LogP contribution in [0.2, 0.25) is 0 Å². The Hall–Kier alpha value is -1.26. The fourth-order valence-electron chi connectivity index (χ4n) is 2.12. The lowest BCUT2D eigenvalue weighted by molar-refractivity contribution is 0.619. The maximum atomic E-state index is 13.3. The van der Waals surface area contributed by atoms with Gasteiger partial charge >= 0.3 is 0 Å². The second-order valence-electron chi connectivity index (χ2n) is 5.05. The maximum Gasteiger partial charge on any atom is 0.126 e. The number of nitrogens with two attached hydrogens (primary N) is 1. The molecule has 0 amide bonds. The van der Waals surface area contributed by atoms with Crippen LogP contribution in [0.5, 0.6) is 0 Å². The van der Waals surface area contributed by atoms with E-state index in [1.165, 1.54) is 10.9 Å². The van der Waals surface area contributed by atoms with Crippen LogP contribution in [0.15, 0.2) is 18.2 Å². The molecule has 4 heteroatoms. The predicted molar refractivity (Wildman–Crippen MR) is 72.1 cm³/mol. The Balaban J connectivity index is 2.04. The van der Waals surface area contributed by atoms with Gasteiger partial charge in [0.1, 0.15) is 10.8 Å². The molecular weight excluding hydrogens is 247 g/mol. The van der Waals surface area contributed by atoms with Crippen LogP contribution in [-0.2, 0) is 5.54 Å². The number of halogens is 1. The second kappa shape index (κ2) is 3.87. The van der Waals surface area contributed by atoms with Crippen LogP contribution in [0.4, 0.5) is 4.39 Å². The molecule has 0 bridgehead atoms. The van der Waals surface area contributed by atoms with Gasteiger partial charge in [-0.2, -0.15) is 0 Å². The summed E-state index contributed by atoms with van der Waals surface area (Å²) in [7, 11) is 0. The van der Waals surface area contributed by atoms with E-state index in [1.807, 2.05) is 13.0 Å². The summed E-state index contributed by atoms with van der Waals surface area (Å²) < 4.78 is 13.3. The van der Waals surface area contributed by atoms with Gasteiger partial charge in [0.05, 0.1) is 11.2 Å². The highest BCUT2D eigenvalue weighted by Gasteiger charge is 2.43. The van der Waals surface area contributed by atoms with Gasteiger partial charge in [0.25, 0.3) is 0 Å². The number of aryl methyl sites for hydroxylation is 2. The highest BCUT2D eigenvalue weighted by molar-refractivity contribution is 7.15. The van der Waals surface area contributed by atoms with Crippen LogP contribution < -0.4 is 5.73 Å². The number of nitrogens with zero attached hydrogens (tertiary/aromatic N) is 1. The van der Waals surface area contributed by atoms with E-state index < -0.39 is 0 Å². The van der Waals surface area contributed by atoms with Crippen LogP contribution in [0.3, 0.4) is 0 Å². The van der Waals surface area contributed by atoms with Gasteiger partial charge in [0, 0.05) is 10.4 Å². The van der Waals surface area contributed by atoms with Crippen LogP contribution in [-0.4, -0.2) is 4.98 Å². The van der Waals surface area contributed by atoms with Crippen molar-refractivity contribution >= 4 is 11.3 Å². The van der Waals surface area contributed by atoms with Gasteiger partial charge < -0.3 is 5.73 Å². The first-order valence-electron chi connectivity index (χ1n) is 6.03. The summed E-state index contributed by atoms with van der Waals surface area (Å²) in [5, 5.41) is 0.933. The fourth-order valence-corrected chi connectivity index (χ4v) is 3.34. The molecule has 18 heavy (non-hydrogen) atoms. The SMILES string of the molecule is Cc1cc(-c2nc(C)c(C3(N)CC3)s2)ccc1F. The summed E-state index contributed by atoms with van der Waals surface area (Å²) in [6.45, 7) is 3.77. The number of rotatable bonds is 2. The first-order chi connectivity index (χ1) is 8.49. The minimum Gasteiger partial charge on any atom is -0.321 e. The molecule has 0 saturated heterocycles. The van der Waals surface area contributed by atoms with E-state index in [2.05, 4.69) is 4.98 Å². The number of aromatic nitrogens is 1. The number of benzene rings is 1. The second-order valence-corrected chi connectivity index (χ2v) is 6.05. The minimum absolute atomic E-state index is 0.144. The van der Waals surface area contributed by atoms with E-state index in [0.717, 1.165) is 29.1 Å². The van der Waals surface area contributed by atoms with Gasteiger partial charge in [-0.25, -0.2) is 9.37 Å². The fraction of sp³-hybridized carbons (Fsp3) is 0.357. The molecule has 0 radical (unpaired) electrons. The summed E-state index contributed by atoms with van der Waals surface area (Å²) in [5.41, 5.74) is 8.71. The van der Waals surface area contributed by atoms with Gasteiger partial charge in [0.15, 0.2) is 0 Å². The molecule has 0 spiro atoms.